The van der Waals surface area contributed by atoms with Gasteiger partial charge in [-0.05, 0) is 6.42 Å². The van der Waals surface area contributed by atoms with Gasteiger partial charge in [0.05, 0.1) is 12.5 Å². The first-order valence-corrected chi connectivity index (χ1v) is 6.58. The molecule has 0 saturated heterocycles. The Morgan fingerprint density at radius 3 is 1.64 bits per heavy atom. The Morgan fingerprint density at radius 2 is 1.27 bits per heavy atom. The van der Waals surface area contributed by atoms with Crippen molar-refractivity contribution in [2.24, 2.45) is 5.92 Å². The molecule has 0 saturated carbocycles. The van der Waals surface area contributed by atoms with Crippen LogP contribution < -0.4 is 0 Å². The van der Waals surface area contributed by atoms with E-state index >= 15 is 0 Å². The summed E-state index contributed by atoms with van der Waals surface area (Å²) in [6.07, 6.45) is -6.18. The molecule has 22 heavy (non-hydrogen) atoms. The van der Waals surface area contributed by atoms with Crippen LogP contribution in [0.2, 0.25) is 0 Å². The summed E-state index contributed by atoms with van der Waals surface area (Å²) >= 11 is 0. The fourth-order valence-electron chi connectivity index (χ4n) is 1.85. The standard InChI is InChI=1S/C12H17F9O/c1-2-3-4-5-6-8(7-22)9(13,14)10(15,16)11(17,18)12(19,20)21/h8,22H,2-7H2,1H3. The lowest BCUT2D eigenvalue weighted by Crippen LogP contribution is -2.63. The van der Waals surface area contributed by atoms with Crippen molar-refractivity contribution in [3.05, 3.63) is 0 Å². The van der Waals surface area contributed by atoms with Crippen molar-refractivity contribution in [3.8, 4) is 0 Å². The van der Waals surface area contributed by atoms with Gasteiger partial charge in [0, 0.05) is 0 Å². The van der Waals surface area contributed by atoms with E-state index in [1.807, 2.05) is 0 Å². The monoisotopic (exact) mass is 348 g/mol. The number of rotatable bonds is 9. The van der Waals surface area contributed by atoms with Gasteiger partial charge in [0.15, 0.2) is 0 Å². The normalized spacial score (nSPS) is 16.0. The molecule has 0 heterocycles. The van der Waals surface area contributed by atoms with Crippen molar-refractivity contribution in [1.29, 1.82) is 0 Å². The molecule has 0 aliphatic carbocycles. The van der Waals surface area contributed by atoms with Crippen molar-refractivity contribution in [2.45, 2.75) is 63.0 Å². The maximum absolute atomic E-state index is 13.5. The molecule has 0 aliphatic heterocycles. The maximum Gasteiger partial charge on any atom is 0.460 e. The van der Waals surface area contributed by atoms with Crippen LogP contribution in [0.3, 0.4) is 0 Å². The molecular formula is C12H17F9O. The molecule has 0 spiro atoms. The van der Waals surface area contributed by atoms with Gasteiger partial charge in [0.25, 0.3) is 0 Å². The second-order valence-corrected chi connectivity index (χ2v) is 5.00. The summed E-state index contributed by atoms with van der Waals surface area (Å²) in [7, 11) is 0. The van der Waals surface area contributed by atoms with Gasteiger partial charge in [-0.3, -0.25) is 0 Å². The molecule has 10 heteroatoms. The van der Waals surface area contributed by atoms with Crippen LogP contribution in [0.1, 0.15) is 39.0 Å². The van der Waals surface area contributed by atoms with E-state index in [2.05, 4.69) is 0 Å². The third-order valence-electron chi connectivity index (χ3n) is 3.31. The van der Waals surface area contributed by atoms with E-state index < -0.39 is 42.9 Å². The van der Waals surface area contributed by atoms with E-state index in [1.54, 1.807) is 6.92 Å². The third kappa shape index (κ3) is 3.99. The van der Waals surface area contributed by atoms with Crippen LogP contribution in [0, 0.1) is 5.92 Å². The molecule has 1 unspecified atom stereocenters. The van der Waals surface area contributed by atoms with Crippen molar-refractivity contribution < 1.29 is 44.6 Å². The zero-order valence-electron chi connectivity index (χ0n) is 11.7. The summed E-state index contributed by atoms with van der Waals surface area (Å²) in [5.41, 5.74) is 0. The summed E-state index contributed by atoms with van der Waals surface area (Å²) < 4.78 is 115. The summed E-state index contributed by atoms with van der Waals surface area (Å²) in [5.74, 6) is -21.9. The summed E-state index contributed by atoms with van der Waals surface area (Å²) in [6, 6.07) is 0. The molecule has 0 aromatic rings. The lowest BCUT2D eigenvalue weighted by atomic mass is 9.88. The Labute approximate surface area is 121 Å². The molecule has 0 fully saturated rings. The lowest BCUT2D eigenvalue weighted by Gasteiger charge is -2.37. The molecule has 1 nitrogen and oxygen atoms in total. The zero-order valence-corrected chi connectivity index (χ0v) is 11.7. The second kappa shape index (κ2) is 7.27. The number of aliphatic hydroxyl groups is 1. The number of alkyl halides is 9. The Balaban J connectivity index is 5.29. The second-order valence-electron chi connectivity index (χ2n) is 5.00. The fraction of sp³-hybridized carbons (Fsp3) is 1.00. The fourth-order valence-corrected chi connectivity index (χ4v) is 1.85. The molecule has 0 aromatic heterocycles. The molecule has 0 bridgehead atoms. The van der Waals surface area contributed by atoms with E-state index in [0.717, 1.165) is 0 Å². The molecule has 1 N–H and O–H groups in total. The Morgan fingerprint density at radius 1 is 0.773 bits per heavy atom. The third-order valence-corrected chi connectivity index (χ3v) is 3.31. The zero-order chi connectivity index (χ0) is 17.8. The minimum Gasteiger partial charge on any atom is -0.396 e. The summed E-state index contributed by atoms with van der Waals surface area (Å²) in [5, 5.41) is 8.71. The van der Waals surface area contributed by atoms with Gasteiger partial charge in [-0.1, -0.05) is 32.6 Å². The van der Waals surface area contributed by atoms with E-state index in [1.165, 1.54) is 0 Å². The highest BCUT2D eigenvalue weighted by Gasteiger charge is 2.82. The smallest absolute Gasteiger partial charge is 0.396 e. The van der Waals surface area contributed by atoms with E-state index in [-0.39, 0.29) is 6.42 Å². The Hall–Kier alpha value is -0.670. The van der Waals surface area contributed by atoms with Crippen LogP contribution in [0.25, 0.3) is 0 Å². The van der Waals surface area contributed by atoms with Gasteiger partial charge in [-0.15, -0.1) is 0 Å². The Bertz CT molecular complexity index is 338. The van der Waals surface area contributed by atoms with Gasteiger partial charge in [-0.2, -0.15) is 39.5 Å². The lowest BCUT2D eigenvalue weighted by molar-refractivity contribution is -0.404. The van der Waals surface area contributed by atoms with Crippen LogP contribution in [0.4, 0.5) is 39.5 Å². The van der Waals surface area contributed by atoms with Crippen molar-refractivity contribution >= 4 is 0 Å². The van der Waals surface area contributed by atoms with Gasteiger partial charge < -0.3 is 5.11 Å². The summed E-state index contributed by atoms with van der Waals surface area (Å²) in [6.45, 7) is 0.138. The van der Waals surface area contributed by atoms with Crippen LogP contribution in [0.15, 0.2) is 0 Å². The van der Waals surface area contributed by atoms with Gasteiger partial charge in [0.2, 0.25) is 0 Å². The molecule has 1 atom stereocenters. The molecule has 134 valence electrons. The van der Waals surface area contributed by atoms with Gasteiger partial charge in [-0.25, -0.2) is 0 Å². The van der Waals surface area contributed by atoms with Gasteiger partial charge >= 0.3 is 23.9 Å². The highest BCUT2D eigenvalue weighted by atomic mass is 19.4. The van der Waals surface area contributed by atoms with Crippen LogP contribution in [-0.4, -0.2) is 35.7 Å². The first-order valence-electron chi connectivity index (χ1n) is 6.58. The van der Waals surface area contributed by atoms with Gasteiger partial charge in [0.1, 0.15) is 0 Å². The number of aliphatic hydroxyl groups excluding tert-OH is 1. The Kier molecular flexibility index (Phi) is 7.05. The molecule has 0 amide bonds. The molecule has 0 aromatic carbocycles. The summed E-state index contributed by atoms with van der Waals surface area (Å²) in [4.78, 5) is 0. The minimum atomic E-state index is -6.90. The predicted octanol–water partition coefficient (Wildman–Crippen LogP) is 5.03. The molecular weight excluding hydrogens is 331 g/mol. The number of unbranched alkanes of at least 4 members (excludes halogenated alkanes) is 3. The molecule has 0 rings (SSSR count). The quantitative estimate of drug-likeness (QED) is 0.458. The van der Waals surface area contributed by atoms with E-state index in [0.29, 0.717) is 19.3 Å². The van der Waals surface area contributed by atoms with Crippen molar-refractivity contribution in [2.75, 3.05) is 6.61 Å². The highest BCUT2D eigenvalue weighted by molar-refractivity contribution is 5.02. The number of hydrogen-bond donors (Lipinski definition) is 1. The van der Waals surface area contributed by atoms with Crippen molar-refractivity contribution in [3.63, 3.8) is 0 Å². The topological polar surface area (TPSA) is 20.2 Å². The SMILES string of the molecule is CCCCCCC(CO)C(F)(F)C(F)(F)C(F)(F)C(F)(F)F. The van der Waals surface area contributed by atoms with Crippen LogP contribution in [0.5, 0.6) is 0 Å². The predicted molar refractivity (Wildman–Crippen MR) is 60.2 cm³/mol. The van der Waals surface area contributed by atoms with Crippen LogP contribution >= 0.6 is 0 Å². The van der Waals surface area contributed by atoms with E-state index in [4.69, 9.17) is 5.11 Å². The largest absolute Gasteiger partial charge is 0.460 e. The molecule has 0 aliphatic rings. The minimum absolute atomic E-state index is 0.0949. The average molecular weight is 348 g/mol. The van der Waals surface area contributed by atoms with Crippen LogP contribution in [-0.2, 0) is 0 Å². The average Bonchev–Trinajstić information content (AvgIpc) is 2.36. The first-order chi connectivity index (χ1) is 9.77. The van der Waals surface area contributed by atoms with Crippen molar-refractivity contribution in [1.82, 2.24) is 0 Å². The molecule has 0 radical (unpaired) electrons. The highest BCUT2D eigenvalue weighted by Crippen LogP contribution is 2.55. The first kappa shape index (κ1) is 21.3. The number of halogens is 9. The maximum atomic E-state index is 13.5. The van der Waals surface area contributed by atoms with E-state index in [9.17, 15) is 39.5 Å². The number of hydrogen-bond acceptors (Lipinski definition) is 1.